The van der Waals surface area contributed by atoms with Crippen molar-refractivity contribution in [2.24, 2.45) is 0 Å². The van der Waals surface area contributed by atoms with Crippen molar-refractivity contribution in [2.45, 2.75) is 30.0 Å². The summed E-state index contributed by atoms with van der Waals surface area (Å²) in [4.78, 5) is 22.8. The van der Waals surface area contributed by atoms with Crippen molar-refractivity contribution in [3.63, 3.8) is 0 Å². The maximum atomic E-state index is 12.1. The van der Waals surface area contributed by atoms with E-state index in [9.17, 15) is 18.4 Å². The molecular weight excluding hydrogens is 276 g/mol. The molecule has 0 aliphatic carbocycles. The molecule has 0 aliphatic heterocycles. The van der Waals surface area contributed by atoms with Crippen LogP contribution in [0.2, 0.25) is 0 Å². The Bertz CT molecular complexity index is 451. The zero-order valence-corrected chi connectivity index (χ0v) is 10.9. The highest BCUT2D eigenvalue weighted by molar-refractivity contribution is 7.99. The van der Waals surface area contributed by atoms with Gasteiger partial charge in [0, 0.05) is 10.5 Å². The molecule has 0 bridgehead atoms. The Morgan fingerprint density at radius 2 is 1.89 bits per heavy atom. The molecule has 1 aromatic carbocycles. The Kier molecular flexibility index (Phi) is 5.75. The molecule has 1 rings (SSSR count). The minimum absolute atomic E-state index is 0.235. The number of rotatable bonds is 6. The van der Waals surface area contributed by atoms with Crippen LogP contribution in [-0.2, 0) is 4.79 Å². The number of hydrogen-bond acceptors (Lipinski definition) is 3. The smallest absolute Gasteiger partial charge is 0.326 e. The summed E-state index contributed by atoms with van der Waals surface area (Å²) in [5, 5.41) is 11.2. The van der Waals surface area contributed by atoms with Crippen LogP contribution < -0.4 is 5.32 Å². The predicted octanol–water partition coefficient (Wildman–Crippen LogP) is 2.59. The van der Waals surface area contributed by atoms with E-state index >= 15 is 0 Å². The number of hydrogen-bond donors (Lipinski definition) is 2. The number of carbonyl (C=O) groups is 2. The fraction of sp³-hybridized carbons (Fsp3) is 0.333. The molecule has 0 aromatic heterocycles. The van der Waals surface area contributed by atoms with Crippen LogP contribution in [0.3, 0.4) is 0 Å². The maximum absolute atomic E-state index is 12.1. The third-order valence-electron chi connectivity index (χ3n) is 2.35. The van der Waals surface area contributed by atoms with Crippen molar-refractivity contribution in [3.05, 3.63) is 29.8 Å². The molecule has 1 aromatic rings. The topological polar surface area (TPSA) is 66.4 Å². The van der Waals surface area contributed by atoms with Gasteiger partial charge in [-0.1, -0.05) is 18.7 Å². The number of halogens is 2. The Morgan fingerprint density at radius 1 is 1.32 bits per heavy atom. The monoisotopic (exact) mass is 289 g/mol. The molecule has 0 aliphatic rings. The first-order chi connectivity index (χ1) is 8.93. The van der Waals surface area contributed by atoms with E-state index in [1.807, 2.05) is 0 Å². The van der Waals surface area contributed by atoms with Gasteiger partial charge in [0.1, 0.15) is 6.04 Å². The van der Waals surface area contributed by atoms with E-state index in [2.05, 4.69) is 5.32 Å². The molecule has 1 unspecified atom stereocenters. The minimum Gasteiger partial charge on any atom is -0.480 e. The van der Waals surface area contributed by atoms with Crippen LogP contribution in [0.4, 0.5) is 8.78 Å². The summed E-state index contributed by atoms with van der Waals surface area (Å²) in [6.45, 7) is 1.64. The van der Waals surface area contributed by atoms with Gasteiger partial charge in [-0.2, -0.15) is 8.78 Å². The van der Waals surface area contributed by atoms with Crippen molar-refractivity contribution in [1.29, 1.82) is 0 Å². The van der Waals surface area contributed by atoms with E-state index in [0.717, 1.165) is 0 Å². The van der Waals surface area contributed by atoms with Gasteiger partial charge in [0.2, 0.25) is 0 Å². The van der Waals surface area contributed by atoms with Gasteiger partial charge in [-0.05, 0) is 30.7 Å². The fourth-order valence-electron chi connectivity index (χ4n) is 1.37. The fourth-order valence-corrected chi connectivity index (χ4v) is 1.87. The van der Waals surface area contributed by atoms with Gasteiger partial charge in [0.15, 0.2) is 0 Å². The largest absolute Gasteiger partial charge is 0.480 e. The van der Waals surface area contributed by atoms with Gasteiger partial charge in [0.25, 0.3) is 11.7 Å². The molecule has 104 valence electrons. The zero-order valence-electron chi connectivity index (χ0n) is 10.1. The van der Waals surface area contributed by atoms with Gasteiger partial charge in [0.05, 0.1) is 0 Å². The second kappa shape index (κ2) is 7.08. The summed E-state index contributed by atoms with van der Waals surface area (Å²) in [5.41, 5.74) is 0.235. The second-order valence-electron chi connectivity index (χ2n) is 3.68. The highest BCUT2D eigenvalue weighted by Gasteiger charge is 2.18. The number of nitrogens with one attached hydrogen (secondary N) is 1. The predicted molar refractivity (Wildman–Crippen MR) is 67.5 cm³/mol. The van der Waals surface area contributed by atoms with Crippen LogP contribution in [0.5, 0.6) is 0 Å². The van der Waals surface area contributed by atoms with E-state index in [1.165, 1.54) is 24.3 Å². The standard InChI is InChI=1S/C12H13F2NO3S/c1-2-9(11(17)18)15-10(16)7-3-5-8(6-4-7)19-12(13)14/h3-6,9,12H,2H2,1H3,(H,15,16)(H,17,18). The van der Waals surface area contributed by atoms with Gasteiger partial charge >= 0.3 is 5.97 Å². The van der Waals surface area contributed by atoms with Gasteiger partial charge in [-0.25, -0.2) is 4.79 Å². The molecule has 0 saturated heterocycles. The highest BCUT2D eigenvalue weighted by Crippen LogP contribution is 2.25. The third-order valence-corrected chi connectivity index (χ3v) is 3.08. The summed E-state index contributed by atoms with van der Waals surface area (Å²) in [5.74, 6) is -4.17. The summed E-state index contributed by atoms with van der Waals surface area (Å²) >= 11 is 0.383. The van der Waals surface area contributed by atoms with E-state index in [0.29, 0.717) is 16.7 Å². The molecule has 1 atom stereocenters. The third kappa shape index (κ3) is 4.86. The molecule has 4 nitrogen and oxygen atoms in total. The molecule has 0 radical (unpaired) electrons. The lowest BCUT2D eigenvalue weighted by Gasteiger charge is -2.12. The van der Waals surface area contributed by atoms with Crippen LogP contribution in [0.25, 0.3) is 0 Å². The van der Waals surface area contributed by atoms with Gasteiger partial charge in [-0.3, -0.25) is 4.79 Å². The Labute approximate surface area is 113 Å². The van der Waals surface area contributed by atoms with Crippen LogP contribution in [0, 0.1) is 0 Å². The normalized spacial score (nSPS) is 12.2. The number of thioether (sulfide) groups is 1. The van der Waals surface area contributed by atoms with Crippen molar-refractivity contribution in [3.8, 4) is 0 Å². The summed E-state index contributed by atoms with van der Waals surface area (Å²) in [6.07, 6.45) is 0.264. The Hall–Kier alpha value is -1.63. The van der Waals surface area contributed by atoms with Crippen molar-refractivity contribution in [1.82, 2.24) is 5.32 Å². The summed E-state index contributed by atoms with van der Waals surface area (Å²) < 4.78 is 24.2. The van der Waals surface area contributed by atoms with Crippen LogP contribution >= 0.6 is 11.8 Å². The molecule has 0 saturated carbocycles. The number of carboxylic acids is 1. The molecule has 1 amide bonds. The van der Waals surface area contributed by atoms with Crippen LogP contribution in [0.1, 0.15) is 23.7 Å². The van der Waals surface area contributed by atoms with Crippen molar-refractivity contribution >= 4 is 23.6 Å². The van der Waals surface area contributed by atoms with Crippen molar-refractivity contribution < 1.29 is 23.5 Å². The second-order valence-corrected chi connectivity index (χ2v) is 4.74. The van der Waals surface area contributed by atoms with Crippen LogP contribution in [-0.4, -0.2) is 28.8 Å². The number of benzene rings is 1. The average molecular weight is 289 g/mol. The lowest BCUT2D eigenvalue weighted by molar-refractivity contribution is -0.139. The zero-order chi connectivity index (χ0) is 14.4. The molecule has 0 fully saturated rings. The summed E-state index contributed by atoms with van der Waals surface area (Å²) in [7, 11) is 0. The quantitative estimate of drug-likeness (QED) is 0.790. The molecular formula is C12H13F2NO3S. The van der Waals surface area contributed by atoms with E-state index in [4.69, 9.17) is 5.11 Å². The lowest BCUT2D eigenvalue weighted by atomic mass is 10.1. The first-order valence-corrected chi connectivity index (χ1v) is 6.40. The van der Waals surface area contributed by atoms with E-state index < -0.39 is 23.7 Å². The molecule has 19 heavy (non-hydrogen) atoms. The number of amides is 1. The SMILES string of the molecule is CCC(NC(=O)c1ccc(SC(F)F)cc1)C(=O)O. The van der Waals surface area contributed by atoms with Crippen LogP contribution in [0.15, 0.2) is 29.2 Å². The average Bonchev–Trinajstić information content (AvgIpc) is 2.35. The first-order valence-electron chi connectivity index (χ1n) is 5.52. The Morgan fingerprint density at radius 3 is 2.32 bits per heavy atom. The van der Waals surface area contributed by atoms with E-state index in [-0.39, 0.29) is 12.0 Å². The number of carboxylic acid groups (broad SMARTS) is 1. The minimum atomic E-state index is -2.52. The number of alkyl halides is 2. The van der Waals surface area contributed by atoms with Gasteiger partial charge < -0.3 is 10.4 Å². The number of carbonyl (C=O) groups excluding carboxylic acids is 1. The highest BCUT2D eigenvalue weighted by atomic mass is 32.2. The summed E-state index contributed by atoms with van der Waals surface area (Å²) in [6, 6.07) is 4.60. The lowest BCUT2D eigenvalue weighted by Crippen LogP contribution is -2.40. The first kappa shape index (κ1) is 15.4. The Balaban J connectivity index is 2.70. The molecule has 7 heteroatoms. The molecule has 2 N–H and O–H groups in total. The molecule has 0 spiro atoms. The maximum Gasteiger partial charge on any atom is 0.326 e. The van der Waals surface area contributed by atoms with Gasteiger partial charge in [-0.15, -0.1) is 0 Å². The van der Waals surface area contributed by atoms with E-state index in [1.54, 1.807) is 6.92 Å². The van der Waals surface area contributed by atoms with Crippen molar-refractivity contribution in [2.75, 3.05) is 0 Å². The number of aliphatic carboxylic acids is 1. The molecule has 0 heterocycles.